The predicted molar refractivity (Wildman–Crippen MR) is 207 cm³/mol. The van der Waals surface area contributed by atoms with Gasteiger partial charge in [-0.2, -0.15) is 0 Å². The summed E-state index contributed by atoms with van der Waals surface area (Å²) in [6.45, 7) is 18.1. The van der Waals surface area contributed by atoms with Crippen LogP contribution in [0, 0.1) is 31.6 Å². The van der Waals surface area contributed by atoms with Gasteiger partial charge >= 0.3 is 12.1 Å². The maximum absolute atomic E-state index is 13.7. The SMILES string of the molecule is CCOC(=O)CCCCN1CCC(C#Cc2ccc([C@H](C)NC(=O)c3cc(NC4CN(C(=O)OC(C)(C)C)C4)ccc3C)c3ccc(C)cc23)CC1. The average Bonchev–Trinajstić information content (AvgIpc) is 3.07. The lowest BCUT2D eigenvalue weighted by Gasteiger charge is -2.40. The van der Waals surface area contributed by atoms with Crippen LogP contribution in [-0.4, -0.2) is 78.7 Å². The zero-order valence-corrected chi connectivity index (χ0v) is 32.1. The van der Waals surface area contributed by atoms with E-state index in [9.17, 15) is 14.4 Å². The van der Waals surface area contributed by atoms with Crippen LogP contribution in [0.1, 0.15) is 105 Å². The summed E-state index contributed by atoms with van der Waals surface area (Å²) in [4.78, 5) is 41.8. The highest BCUT2D eigenvalue weighted by Gasteiger charge is 2.33. The summed E-state index contributed by atoms with van der Waals surface area (Å²) >= 11 is 0. The number of anilines is 1. The van der Waals surface area contributed by atoms with Crippen LogP contribution in [0.5, 0.6) is 0 Å². The van der Waals surface area contributed by atoms with Gasteiger partial charge in [0.1, 0.15) is 5.60 Å². The number of likely N-dealkylation sites (tertiary alicyclic amines) is 2. The molecule has 2 amide bonds. The minimum Gasteiger partial charge on any atom is -0.466 e. The molecule has 0 radical (unpaired) electrons. The second kappa shape index (κ2) is 17.3. The number of hydrogen-bond donors (Lipinski definition) is 2. The second-order valence-electron chi connectivity index (χ2n) is 15.4. The Hall–Kier alpha value is -4.55. The van der Waals surface area contributed by atoms with E-state index in [4.69, 9.17) is 9.47 Å². The molecule has 0 aromatic heterocycles. The topological polar surface area (TPSA) is 100 Å². The van der Waals surface area contributed by atoms with Gasteiger partial charge in [0.05, 0.1) is 18.7 Å². The van der Waals surface area contributed by atoms with Crippen molar-refractivity contribution < 1.29 is 23.9 Å². The van der Waals surface area contributed by atoms with Gasteiger partial charge in [0.2, 0.25) is 0 Å². The Morgan fingerprint density at radius 1 is 0.962 bits per heavy atom. The molecule has 2 heterocycles. The van der Waals surface area contributed by atoms with Gasteiger partial charge in [-0.1, -0.05) is 47.7 Å². The summed E-state index contributed by atoms with van der Waals surface area (Å²) in [5, 5.41) is 8.91. The fourth-order valence-electron chi connectivity index (χ4n) is 6.88. The Labute approximate surface area is 309 Å². The third-order valence-corrected chi connectivity index (χ3v) is 9.82. The number of piperidine rings is 1. The van der Waals surface area contributed by atoms with Crippen molar-refractivity contribution in [2.75, 3.05) is 44.6 Å². The summed E-state index contributed by atoms with van der Waals surface area (Å²) < 4.78 is 10.5. The Kier molecular flexibility index (Phi) is 12.9. The van der Waals surface area contributed by atoms with Crippen LogP contribution in [0.2, 0.25) is 0 Å². The molecule has 0 saturated carbocycles. The van der Waals surface area contributed by atoms with E-state index in [1.54, 1.807) is 4.90 Å². The number of benzene rings is 3. The quantitative estimate of drug-likeness (QED) is 0.119. The van der Waals surface area contributed by atoms with Gasteiger partial charge in [0.25, 0.3) is 5.91 Å². The highest BCUT2D eigenvalue weighted by molar-refractivity contribution is 5.98. The second-order valence-corrected chi connectivity index (χ2v) is 15.4. The van der Waals surface area contributed by atoms with Crippen LogP contribution < -0.4 is 10.6 Å². The molecule has 2 aliphatic heterocycles. The van der Waals surface area contributed by atoms with Crippen molar-refractivity contribution >= 4 is 34.4 Å². The van der Waals surface area contributed by atoms with Crippen LogP contribution in [0.25, 0.3) is 10.8 Å². The summed E-state index contributed by atoms with van der Waals surface area (Å²) in [6.07, 6.45) is 4.16. The van der Waals surface area contributed by atoms with Crippen LogP contribution in [0.15, 0.2) is 48.5 Å². The lowest BCUT2D eigenvalue weighted by atomic mass is 9.93. The first kappa shape index (κ1) is 38.7. The van der Waals surface area contributed by atoms with Gasteiger partial charge in [0.15, 0.2) is 0 Å². The molecule has 3 aromatic rings. The normalized spacial score (nSPS) is 16.0. The van der Waals surface area contributed by atoms with Gasteiger partial charge in [-0.25, -0.2) is 4.79 Å². The third kappa shape index (κ3) is 10.5. The highest BCUT2D eigenvalue weighted by atomic mass is 16.6. The number of unbranched alkanes of at least 4 members (excludes halogenated alkanes) is 1. The minimum atomic E-state index is -0.526. The lowest BCUT2D eigenvalue weighted by Crippen LogP contribution is -2.57. The molecule has 2 fully saturated rings. The van der Waals surface area contributed by atoms with Gasteiger partial charge in [-0.05, 0) is 134 Å². The molecule has 3 aromatic carbocycles. The number of hydrogen-bond acceptors (Lipinski definition) is 7. The first-order chi connectivity index (χ1) is 24.8. The van der Waals surface area contributed by atoms with E-state index in [1.807, 2.05) is 59.7 Å². The molecule has 278 valence electrons. The highest BCUT2D eigenvalue weighted by Crippen LogP contribution is 2.29. The molecule has 9 nitrogen and oxygen atoms in total. The van der Waals surface area contributed by atoms with E-state index in [0.717, 1.165) is 78.5 Å². The van der Waals surface area contributed by atoms with Crippen molar-refractivity contribution in [3.63, 3.8) is 0 Å². The number of nitrogens with zero attached hydrogens (tertiary/aromatic N) is 2. The Bertz CT molecular complexity index is 1810. The Morgan fingerprint density at radius 2 is 1.71 bits per heavy atom. The zero-order valence-electron chi connectivity index (χ0n) is 32.1. The van der Waals surface area contributed by atoms with Gasteiger partial charge in [-0.15, -0.1) is 0 Å². The number of aryl methyl sites for hydroxylation is 2. The van der Waals surface area contributed by atoms with Gasteiger partial charge < -0.3 is 29.9 Å². The summed E-state index contributed by atoms with van der Waals surface area (Å²) in [5.41, 5.74) is 5.06. The fourth-order valence-corrected chi connectivity index (χ4v) is 6.88. The van der Waals surface area contributed by atoms with Crippen molar-refractivity contribution in [1.82, 2.24) is 15.1 Å². The van der Waals surface area contributed by atoms with Crippen LogP contribution in [0.3, 0.4) is 0 Å². The molecule has 2 aliphatic rings. The Balaban J connectivity index is 1.19. The molecule has 9 heteroatoms. The number of esters is 1. The van der Waals surface area contributed by atoms with E-state index < -0.39 is 5.60 Å². The number of rotatable bonds is 11. The molecule has 0 aliphatic carbocycles. The van der Waals surface area contributed by atoms with Crippen molar-refractivity contribution in [2.24, 2.45) is 5.92 Å². The van der Waals surface area contributed by atoms with Gasteiger partial charge in [0, 0.05) is 42.2 Å². The molecule has 0 bridgehead atoms. The van der Waals surface area contributed by atoms with Gasteiger partial charge in [-0.3, -0.25) is 9.59 Å². The largest absolute Gasteiger partial charge is 0.466 e. The molecular weight excluding hydrogens is 652 g/mol. The van der Waals surface area contributed by atoms with Crippen LogP contribution >= 0.6 is 0 Å². The summed E-state index contributed by atoms with van der Waals surface area (Å²) in [7, 11) is 0. The third-order valence-electron chi connectivity index (χ3n) is 9.82. The average molecular weight is 709 g/mol. The smallest absolute Gasteiger partial charge is 0.410 e. The number of carbonyl (C=O) groups is 3. The minimum absolute atomic E-state index is 0.0921. The first-order valence-corrected chi connectivity index (χ1v) is 18.9. The molecule has 2 saturated heterocycles. The number of carbonyl (C=O) groups excluding carboxylic acids is 3. The molecule has 52 heavy (non-hydrogen) atoms. The monoisotopic (exact) mass is 708 g/mol. The molecule has 1 atom stereocenters. The van der Waals surface area contributed by atoms with E-state index >= 15 is 0 Å². The first-order valence-electron chi connectivity index (χ1n) is 18.9. The summed E-state index contributed by atoms with van der Waals surface area (Å²) in [5.74, 6) is 7.23. The van der Waals surface area contributed by atoms with E-state index in [2.05, 4.69) is 64.6 Å². The standard InChI is InChI=1S/C43H56N4O5/c1-8-51-40(48)11-9-10-22-46-23-20-32(21-24-46)14-15-33-16-19-36(37-18-12-29(2)25-39(33)37)31(4)44-41(49)38-26-34(17-13-30(38)3)45-35-27-47(28-35)42(50)52-43(5,6)7/h12-13,16-19,25-26,31-32,35,45H,8-11,20-24,27-28H2,1-7H3,(H,44,49)/t31-/m0/s1. The fraction of sp³-hybridized carbons (Fsp3) is 0.512. The maximum atomic E-state index is 13.7. The molecule has 0 unspecified atom stereocenters. The molecule has 2 N–H and O–H groups in total. The summed E-state index contributed by atoms with van der Waals surface area (Å²) in [6, 6.07) is 16.3. The van der Waals surface area contributed by atoms with Crippen molar-refractivity contribution in [1.29, 1.82) is 0 Å². The van der Waals surface area contributed by atoms with Crippen molar-refractivity contribution in [2.45, 2.75) is 98.3 Å². The number of fused-ring (bicyclic) bond motifs is 1. The Morgan fingerprint density at radius 3 is 2.42 bits per heavy atom. The van der Waals surface area contributed by atoms with E-state index in [-0.39, 0.29) is 30.1 Å². The lowest BCUT2D eigenvalue weighted by molar-refractivity contribution is -0.143. The number of ether oxygens (including phenoxy) is 2. The zero-order chi connectivity index (χ0) is 37.4. The maximum Gasteiger partial charge on any atom is 0.410 e. The van der Waals surface area contributed by atoms with E-state index in [0.29, 0.717) is 37.6 Å². The number of nitrogens with one attached hydrogen (secondary N) is 2. The number of amides is 2. The van der Waals surface area contributed by atoms with E-state index in [1.165, 1.54) is 5.56 Å². The predicted octanol–water partition coefficient (Wildman–Crippen LogP) is 7.78. The van der Waals surface area contributed by atoms with Crippen molar-refractivity contribution in [3.8, 4) is 11.8 Å². The molecule has 0 spiro atoms. The molecular formula is C43H56N4O5. The van der Waals surface area contributed by atoms with Crippen LogP contribution in [0.4, 0.5) is 10.5 Å². The molecule has 5 rings (SSSR count). The van der Waals surface area contributed by atoms with Crippen LogP contribution in [-0.2, 0) is 14.3 Å². The van der Waals surface area contributed by atoms with Crippen molar-refractivity contribution in [3.05, 3.63) is 76.3 Å².